The van der Waals surface area contributed by atoms with E-state index in [1.54, 1.807) is 0 Å². The van der Waals surface area contributed by atoms with E-state index in [2.05, 4.69) is 15.9 Å². The predicted octanol–water partition coefficient (Wildman–Crippen LogP) is -1.04. The van der Waals surface area contributed by atoms with Crippen molar-refractivity contribution in [3.8, 4) is 0 Å². The Morgan fingerprint density at radius 3 is 1.14 bits per heavy atom. The fourth-order valence-corrected chi connectivity index (χ4v) is 0. The first-order valence-electron chi connectivity index (χ1n) is 0.123. The van der Waals surface area contributed by atoms with E-state index in [4.69, 9.17) is 3.83 Å². The summed E-state index contributed by atoms with van der Waals surface area (Å²) in [7, 11) is 0. The predicted molar refractivity (Wildman–Crippen MR) is 9.23 cm³/mol. The van der Waals surface area contributed by atoms with Crippen LogP contribution in [-0.2, 0) is 53.9 Å². The van der Waals surface area contributed by atoms with Crippen molar-refractivity contribution >= 4 is 45.5 Å². The van der Waals surface area contributed by atoms with Gasteiger partial charge in [0.1, 0.15) is 0 Å². The molecule has 0 aromatic rings. The summed E-state index contributed by atoms with van der Waals surface area (Å²) in [5.74, 6) is 0. The van der Waals surface area contributed by atoms with Crippen LogP contribution in [0.5, 0.6) is 0 Å². The quantitative estimate of drug-likeness (QED) is 0.347. The van der Waals surface area contributed by atoms with Gasteiger partial charge in [-0.1, -0.05) is 0 Å². The molecule has 7 heteroatoms. The van der Waals surface area contributed by atoms with Gasteiger partial charge in [-0.3, -0.25) is 0 Å². The molecule has 43 valence electrons. The van der Waals surface area contributed by atoms with Gasteiger partial charge >= 0.3 is 65.3 Å². The van der Waals surface area contributed by atoms with Crippen molar-refractivity contribution in [2.45, 2.75) is 0 Å². The normalized spacial score (nSPS) is 0.857. The van der Waals surface area contributed by atoms with Crippen LogP contribution in [0, 0.1) is 77.3 Å². The van der Waals surface area contributed by atoms with Crippen molar-refractivity contribution in [1.82, 2.24) is 0 Å². The van der Waals surface area contributed by atoms with Crippen LogP contribution in [0.15, 0.2) is 0 Å². The summed E-state index contributed by atoms with van der Waals surface area (Å²) >= 11 is 2.94. The van der Waals surface area contributed by atoms with Gasteiger partial charge in [0.25, 0.3) is 0 Å². The van der Waals surface area contributed by atoms with Gasteiger partial charge < -0.3 is 0 Å². The molecule has 7 heavy (non-hydrogen) atoms. The molecule has 0 spiro atoms. The Morgan fingerprint density at radius 2 is 1.14 bits per heavy atom. The molecule has 0 atom stereocenters. The van der Waals surface area contributed by atoms with Crippen LogP contribution < -0.4 is 0 Å². The molecule has 0 aromatic heterocycles. The summed E-state index contributed by atoms with van der Waals surface area (Å²) < 4.78 is 7.81. The van der Waals surface area contributed by atoms with Crippen LogP contribution in [0.1, 0.15) is 0 Å². The molecule has 0 fully saturated rings. The number of hydrogen-bond donors (Lipinski definition) is 0. The molecule has 0 N–H and O–H groups in total. The van der Waals surface area contributed by atoms with Gasteiger partial charge in [0.05, 0.1) is 0 Å². The standard InChI is InChI=1S/Ce.Cu.Fe.La.Mn.O.Sr.2H. The summed E-state index contributed by atoms with van der Waals surface area (Å²) in [6.07, 6.45) is 0. The van der Waals surface area contributed by atoms with Gasteiger partial charge in [-0.15, -0.1) is 0 Å². The molecule has 0 rings (SSSR count). The molecule has 0 saturated carbocycles. The van der Waals surface area contributed by atoms with Crippen LogP contribution in [0.25, 0.3) is 0 Å². The van der Waals surface area contributed by atoms with E-state index in [1.807, 2.05) is 0 Å². The third-order valence-corrected chi connectivity index (χ3v) is 0. The molecule has 0 aliphatic heterocycles. The summed E-state index contributed by atoms with van der Waals surface area (Å²) in [6, 6.07) is 0. The second kappa shape index (κ2) is 42.2. The van der Waals surface area contributed by atoms with Gasteiger partial charge in [0, 0.05) is 111 Å². The molecule has 0 unspecified atom stereocenters. The van der Waals surface area contributed by atoms with Crippen LogP contribution in [0.2, 0.25) is 0 Å². The van der Waals surface area contributed by atoms with Crippen molar-refractivity contribution in [2.24, 2.45) is 0 Å². The molecule has 0 aromatic carbocycles. The van der Waals surface area contributed by atoms with Gasteiger partial charge in [0.2, 0.25) is 0 Å². The SMILES string of the molecule is [Ce].[Fe].[La].[Mn].[O]=[Cu].[SrH2]. The zero-order valence-corrected chi connectivity index (χ0v) is 12.5. The molecular formula is H2CeCuFeLaMnOSr. The summed E-state index contributed by atoms with van der Waals surface area (Å²) in [4.78, 5) is 0. The first-order chi connectivity index (χ1) is 1.00. The van der Waals surface area contributed by atoms with Crippen molar-refractivity contribution in [3.05, 3.63) is 0 Å². The Kier molecular flexibility index (Phi) is 237. The second-order valence-electron chi connectivity index (χ2n) is 0. The molecule has 1 nitrogen and oxygen atoms in total. The molecule has 0 bridgehead atoms. The molecule has 0 heterocycles. The van der Waals surface area contributed by atoms with Crippen LogP contribution in [0.3, 0.4) is 0 Å². The Bertz CT molecular complexity index is 19.7. The minimum absolute atomic E-state index is 0. The van der Waals surface area contributed by atoms with E-state index in [0.717, 1.165) is 0 Å². The number of hydrogen-bond acceptors (Lipinski definition) is 1. The van der Waals surface area contributed by atoms with Gasteiger partial charge in [-0.2, -0.15) is 0 Å². The topological polar surface area (TPSA) is 17.1 Å². The molecule has 0 aliphatic carbocycles. The van der Waals surface area contributed by atoms with Crippen molar-refractivity contribution in [3.63, 3.8) is 0 Å². The fourth-order valence-electron chi connectivity index (χ4n) is 0. The molecule has 0 saturated heterocycles. The second-order valence-corrected chi connectivity index (χ2v) is 0. The van der Waals surface area contributed by atoms with Crippen LogP contribution in [0.4, 0.5) is 0 Å². The third kappa shape index (κ3) is 34.5. The summed E-state index contributed by atoms with van der Waals surface area (Å²) in [6.45, 7) is 0. The van der Waals surface area contributed by atoms with Crippen molar-refractivity contribution in [1.29, 1.82) is 0 Å². The average Bonchev–Trinajstić information content (AvgIpc) is 1.00. The van der Waals surface area contributed by atoms with Gasteiger partial charge in [0.15, 0.2) is 0 Å². The Labute approximate surface area is 171 Å². The Hall–Kier alpha value is 5.41. The molecule has 2 radical (unpaired) electrons. The Morgan fingerprint density at radius 1 is 1.14 bits per heavy atom. The van der Waals surface area contributed by atoms with Gasteiger partial charge in [-0.25, -0.2) is 0 Å². The first-order valence-corrected chi connectivity index (χ1v) is 0.508. The van der Waals surface area contributed by atoms with Gasteiger partial charge in [-0.05, 0) is 0 Å². The monoisotopic (exact) mass is 559 g/mol. The van der Waals surface area contributed by atoms with Crippen molar-refractivity contribution in [2.75, 3.05) is 0 Å². The average molecular weight is 559 g/mol. The summed E-state index contributed by atoms with van der Waals surface area (Å²) in [5.41, 5.74) is 0. The van der Waals surface area contributed by atoms with E-state index in [9.17, 15) is 0 Å². The maximum atomic E-state index is 7.81. The minimum atomic E-state index is 0. The molecular weight excluding hydrogens is 557 g/mol. The third-order valence-electron chi connectivity index (χ3n) is 0. The van der Waals surface area contributed by atoms with E-state index in [0.29, 0.717) is 0 Å². The molecule has 0 aliphatic rings. The maximum absolute atomic E-state index is 7.81. The zero-order valence-electron chi connectivity index (χ0n) is 2.52. The Balaban J connectivity index is -0.000000000500. The zero-order chi connectivity index (χ0) is 2.00. The first kappa shape index (κ1) is 39.3. The van der Waals surface area contributed by atoms with E-state index in [-0.39, 0.29) is 157 Å². The van der Waals surface area contributed by atoms with Crippen LogP contribution in [-0.4, -0.2) is 45.5 Å². The van der Waals surface area contributed by atoms with E-state index in [1.165, 1.54) is 0 Å². The molecule has 0 amide bonds. The fraction of sp³-hybridized carbons (Fsp3) is 0. The van der Waals surface area contributed by atoms with E-state index >= 15 is 0 Å². The van der Waals surface area contributed by atoms with E-state index < -0.39 is 0 Å². The van der Waals surface area contributed by atoms with Crippen LogP contribution >= 0.6 is 0 Å². The summed E-state index contributed by atoms with van der Waals surface area (Å²) in [5, 5.41) is 0. The van der Waals surface area contributed by atoms with Crippen molar-refractivity contribution < 1.29 is 131 Å². The number of rotatable bonds is 0.